The fourth-order valence-electron chi connectivity index (χ4n) is 4.15. The molecule has 1 aliphatic heterocycles. The molecular weight excluding hydrogens is 490 g/mol. The number of anilines is 2. The fraction of sp³-hybridized carbons (Fsp3) is 0.545. The Morgan fingerprint density at radius 2 is 1.97 bits per heavy atom. The van der Waals surface area contributed by atoms with E-state index in [1.165, 1.54) is 17.2 Å². The monoisotopic (exact) mass is 521 g/mol. The first-order chi connectivity index (χ1) is 17.4. The van der Waals surface area contributed by atoms with Gasteiger partial charge in [-0.15, -0.1) is 11.8 Å². The highest BCUT2D eigenvalue weighted by molar-refractivity contribution is 7.99. The average Bonchev–Trinajstić information content (AvgIpc) is 3.43. The van der Waals surface area contributed by atoms with Crippen molar-refractivity contribution in [1.82, 2.24) is 24.5 Å². The second-order valence-electron chi connectivity index (χ2n) is 8.50. The molecule has 0 spiro atoms. The highest BCUT2D eigenvalue weighted by Gasteiger charge is 2.44. The predicted molar refractivity (Wildman–Crippen MR) is 134 cm³/mol. The average molecular weight is 522 g/mol. The van der Waals surface area contributed by atoms with Gasteiger partial charge in [-0.05, 0) is 19.1 Å². The van der Waals surface area contributed by atoms with Gasteiger partial charge in [0.2, 0.25) is 0 Å². The third kappa shape index (κ3) is 5.19. The van der Waals surface area contributed by atoms with E-state index in [0.29, 0.717) is 46.3 Å². The largest absolute Gasteiger partial charge is 0.504 e. The highest BCUT2D eigenvalue weighted by atomic mass is 32.2. The Labute approximate surface area is 211 Å². The van der Waals surface area contributed by atoms with Gasteiger partial charge in [-0.2, -0.15) is 0 Å². The fourth-order valence-corrected chi connectivity index (χ4v) is 4.86. The lowest BCUT2D eigenvalue weighted by Crippen LogP contribution is -2.33. The Bertz CT molecular complexity index is 1180. The number of pyridine rings is 1. The molecule has 0 radical (unpaired) electrons. The Balaban J connectivity index is 1.30. The maximum atomic E-state index is 10.4. The van der Waals surface area contributed by atoms with Crippen molar-refractivity contribution in [3.05, 3.63) is 30.1 Å². The molecular formula is C22H31N7O6S. The van der Waals surface area contributed by atoms with Crippen molar-refractivity contribution in [1.29, 1.82) is 0 Å². The summed E-state index contributed by atoms with van der Waals surface area (Å²) in [4.78, 5) is 18.9. The van der Waals surface area contributed by atoms with E-state index >= 15 is 0 Å². The molecule has 3 aromatic rings. The molecule has 0 aliphatic carbocycles. The number of nitrogens with zero attached hydrogens (tertiary/aromatic N) is 6. The number of hydrogen-bond acceptors (Lipinski definition) is 13. The van der Waals surface area contributed by atoms with Crippen molar-refractivity contribution < 1.29 is 30.3 Å². The van der Waals surface area contributed by atoms with Crippen LogP contribution in [-0.2, 0) is 11.3 Å². The summed E-state index contributed by atoms with van der Waals surface area (Å²) in [6.07, 6.45) is 1.01. The van der Waals surface area contributed by atoms with E-state index < -0.39 is 31.1 Å². The Kier molecular flexibility index (Phi) is 8.43. The quantitative estimate of drug-likeness (QED) is 0.146. The zero-order chi connectivity index (χ0) is 25.8. The van der Waals surface area contributed by atoms with Crippen molar-refractivity contribution >= 4 is 34.4 Å². The van der Waals surface area contributed by atoms with Crippen LogP contribution in [0, 0.1) is 6.92 Å². The summed E-state index contributed by atoms with van der Waals surface area (Å²) < 4.78 is 7.10. The second kappa shape index (κ2) is 11.5. The SMILES string of the molecule is Cc1ncc(CO)c(N(C)CCCSCNc2ncnc3c2ncn3[C@@H]2O[C@H](CO)[C@@H](O)[C@H]2O)c1O. The minimum absolute atomic E-state index is 0.0856. The molecule has 0 bridgehead atoms. The number of fused-ring (bicyclic) bond motifs is 1. The topological polar surface area (TPSA) is 182 Å². The van der Waals surface area contributed by atoms with Crippen LogP contribution in [0.5, 0.6) is 5.75 Å². The van der Waals surface area contributed by atoms with E-state index in [1.807, 2.05) is 11.9 Å². The molecule has 4 rings (SSSR count). The van der Waals surface area contributed by atoms with Crippen LogP contribution < -0.4 is 10.2 Å². The number of aromatic nitrogens is 5. The van der Waals surface area contributed by atoms with Crippen LogP contribution in [0.1, 0.15) is 23.9 Å². The van der Waals surface area contributed by atoms with E-state index in [2.05, 4.69) is 25.3 Å². The van der Waals surface area contributed by atoms with E-state index in [4.69, 9.17) is 4.74 Å². The van der Waals surface area contributed by atoms with Crippen molar-refractivity contribution in [2.24, 2.45) is 0 Å². The van der Waals surface area contributed by atoms with Crippen LogP contribution in [0.4, 0.5) is 11.5 Å². The van der Waals surface area contributed by atoms with Gasteiger partial charge in [0.25, 0.3) is 0 Å². The van der Waals surface area contributed by atoms with Crippen molar-refractivity contribution in [3.8, 4) is 5.75 Å². The number of rotatable bonds is 11. The molecule has 0 unspecified atom stereocenters. The van der Waals surface area contributed by atoms with E-state index in [9.17, 15) is 25.5 Å². The summed E-state index contributed by atoms with van der Waals surface area (Å²) in [6, 6.07) is 0. The standard InChI is InChI=1S/C22H31N7O6S/c1-12-17(32)16(13(7-30)6-23-12)28(2)4-3-5-36-11-27-20-15-21(25-9-24-20)29(10-26-15)22-19(34)18(33)14(8-31)35-22/h6,9-10,14,18-19,22,30-34H,3-5,7-8,11H2,1-2H3,(H,24,25,27)/t14-,18-,19-,22-/m1/s1. The molecule has 14 heteroatoms. The van der Waals surface area contributed by atoms with Crippen molar-refractivity contribution in [2.75, 3.05) is 42.0 Å². The Morgan fingerprint density at radius 3 is 2.69 bits per heavy atom. The van der Waals surface area contributed by atoms with Gasteiger partial charge in [0.15, 0.2) is 29.0 Å². The first kappa shape index (κ1) is 26.3. The number of imidazole rings is 1. The number of aryl methyl sites for hydroxylation is 1. The van der Waals surface area contributed by atoms with Gasteiger partial charge >= 0.3 is 0 Å². The normalized spacial score (nSPS) is 21.8. The van der Waals surface area contributed by atoms with Crippen LogP contribution in [0.3, 0.4) is 0 Å². The Morgan fingerprint density at radius 1 is 1.17 bits per heavy atom. The molecule has 196 valence electrons. The van der Waals surface area contributed by atoms with Gasteiger partial charge in [-0.3, -0.25) is 9.55 Å². The van der Waals surface area contributed by atoms with E-state index in [-0.39, 0.29) is 12.4 Å². The van der Waals surface area contributed by atoms with E-state index in [1.54, 1.807) is 24.9 Å². The lowest BCUT2D eigenvalue weighted by atomic mass is 10.1. The van der Waals surface area contributed by atoms with Crippen molar-refractivity contribution in [2.45, 2.75) is 44.5 Å². The second-order valence-corrected chi connectivity index (χ2v) is 9.61. The lowest BCUT2D eigenvalue weighted by Gasteiger charge is -2.23. The summed E-state index contributed by atoms with van der Waals surface area (Å²) in [5.74, 6) is 2.02. The number of aliphatic hydroxyl groups excluding tert-OH is 4. The van der Waals surface area contributed by atoms with E-state index in [0.717, 1.165) is 12.2 Å². The molecule has 3 aromatic heterocycles. The van der Waals surface area contributed by atoms with Gasteiger partial charge in [0.05, 0.1) is 36.8 Å². The zero-order valence-corrected chi connectivity index (χ0v) is 20.8. The molecule has 0 amide bonds. The minimum Gasteiger partial charge on any atom is -0.504 e. The summed E-state index contributed by atoms with van der Waals surface area (Å²) in [5.41, 5.74) is 2.63. The number of aromatic hydroxyl groups is 1. The Hall–Kier alpha value is -2.75. The molecule has 0 aromatic carbocycles. The summed E-state index contributed by atoms with van der Waals surface area (Å²) >= 11 is 1.66. The number of aliphatic hydroxyl groups is 4. The van der Waals surface area contributed by atoms with Crippen molar-refractivity contribution in [3.63, 3.8) is 0 Å². The van der Waals surface area contributed by atoms with Crippen LogP contribution in [0.2, 0.25) is 0 Å². The lowest BCUT2D eigenvalue weighted by molar-refractivity contribution is -0.0511. The summed E-state index contributed by atoms with van der Waals surface area (Å²) in [5, 5.41) is 52.9. The van der Waals surface area contributed by atoms with Gasteiger partial charge < -0.3 is 40.5 Å². The molecule has 1 aliphatic rings. The van der Waals surface area contributed by atoms with Crippen LogP contribution in [0.15, 0.2) is 18.9 Å². The maximum Gasteiger partial charge on any atom is 0.167 e. The molecule has 1 saturated heterocycles. The van der Waals surface area contributed by atoms with Gasteiger partial charge in [0, 0.05) is 25.4 Å². The number of ether oxygens (including phenoxy) is 1. The third-order valence-corrected chi connectivity index (χ3v) is 7.04. The number of nitrogens with one attached hydrogen (secondary N) is 1. The third-order valence-electron chi connectivity index (χ3n) is 6.11. The predicted octanol–water partition coefficient (Wildman–Crippen LogP) is -0.0318. The first-order valence-corrected chi connectivity index (χ1v) is 12.6. The smallest absolute Gasteiger partial charge is 0.167 e. The molecule has 6 N–H and O–H groups in total. The van der Waals surface area contributed by atoms with Gasteiger partial charge in [-0.1, -0.05) is 0 Å². The molecule has 0 saturated carbocycles. The molecule has 4 heterocycles. The number of thioether (sulfide) groups is 1. The van der Waals surface area contributed by atoms with Gasteiger partial charge in [0.1, 0.15) is 24.6 Å². The maximum absolute atomic E-state index is 10.4. The summed E-state index contributed by atoms with van der Waals surface area (Å²) in [6.45, 7) is 1.79. The molecule has 4 atom stereocenters. The van der Waals surface area contributed by atoms with Crippen LogP contribution in [0.25, 0.3) is 11.2 Å². The zero-order valence-electron chi connectivity index (χ0n) is 20.0. The highest BCUT2D eigenvalue weighted by Crippen LogP contribution is 2.33. The van der Waals surface area contributed by atoms with Crippen LogP contribution in [-0.4, -0.2) is 100 Å². The first-order valence-electron chi connectivity index (χ1n) is 11.5. The molecule has 36 heavy (non-hydrogen) atoms. The van der Waals surface area contributed by atoms with Gasteiger partial charge in [-0.25, -0.2) is 15.0 Å². The number of hydrogen-bond donors (Lipinski definition) is 6. The molecule has 1 fully saturated rings. The molecule has 13 nitrogen and oxygen atoms in total. The minimum atomic E-state index is -1.23. The van der Waals surface area contributed by atoms with Crippen LogP contribution >= 0.6 is 11.8 Å². The summed E-state index contributed by atoms with van der Waals surface area (Å²) in [7, 11) is 1.87.